The fraction of sp³-hybridized carbons (Fsp3) is 0.400. The molecule has 0 aliphatic carbocycles. The fourth-order valence-corrected chi connectivity index (χ4v) is 1.91. The Morgan fingerprint density at radius 3 is 2.36 bits per heavy atom. The van der Waals surface area contributed by atoms with Gasteiger partial charge >= 0.3 is 5.97 Å². The van der Waals surface area contributed by atoms with E-state index < -0.39 is 18.0 Å². The van der Waals surface area contributed by atoms with Gasteiger partial charge in [0, 0.05) is 6.54 Å². The summed E-state index contributed by atoms with van der Waals surface area (Å²) in [5, 5.41) is 0. The normalized spacial score (nSPS) is 11.5. The average Bonchev–Trinajstić information content (AvgIpc) is 2.46. The number of unbranched alkanes of at least 4 members (excludes halogenated alkanes) is 1. The number of benzene rings is 1. The third kappa shape index (κ3) is 7.28. The van der Waals surface area contributed by atoms with Crippen LogP contribution in [0.15, 0.2) is 35.3 Å². The molecule has 7 nitrogen and oxygen atoms in total. The van der Waals surface area contributed by atoms with E-state index in [1.165, 1.54) is 0 Å². The molecular weight excluding hydrogens is 284 g/mol. The van der Waals surface area contributed by atoms with Crippen LogP contribution < -0.4 is 17.2 Å². The topological polar surface area (TPSA) is 134 Å². The molecule has 0 spiro atoms. The molecule has 1 rings (SSSR count). The summed E-state index contributed by atoms with van der Waals surface area (Å²) in [6.07, 6.45) is 1.44. The van der Waals surface area contributed by atoms with E-state index in [1.54, 1.807) is 30.3 Å². The molecule has 0 aliphatic heterocycles. The van der Waals surface area contributed by atoms with Crippen LogP contribution in [0.5, 0.6) is 0 Å². The second kappa shape index (κ2) is 9.38. The van der Waals surface area contributed by atoms with Gasteiger partial charge in [-0.1, -0.05) is 18.2 Å². The first-order chi connectivity index (χ1) is 10.5. The van der Waals surface area contributed by atoms with E-state index >= 15 is 0 Å². The molecule has 0 radical (unpaired) electrons. The van der Waals surface area contributed by atoms with E-state index in [-0.39, 0.29) is 12.4 Å². The maximum Gasteiger partial charge on any atom is 0.338 e. The molecule has 1 amide bonds. The number of rotatable bonds is 9. The number of guanidine groups is 1. The monoisotopic (exact) mass is 306 g/mol. The van der Waals surface area contributed by atoms with Crippen LogP contribution in [0.25, 0.3) is 0 Å². The van der Waals surface area contributed by atoms with Crippen molar-refractivity contribution in [2.24, 2.45) is 22.2 Å². The number of esters is 1. The highest BCUT2D eigenvalue weighted by Crippen LogP contribution is 2.12. The van der Waals surface area contributed by atoms with Crippen molar-refractivity contribution in [1.29, 1.82) is 0 Å². The molecule has 0 bridgehead atoms. The van der Waals surface area contributed by atoms with Crippen LogP contribution in [0, 0.1) is 0 Å². The van der Waals surface area contributed by atoms with Crippen molar-refractivity contribution >= 4 is 17.8 Å². The van der Waals surface area contributed by atoms with Crippen molar-refractivity contribution in [2.75, 3.05) is 6.54 Å². The Kier molecular flexibility index (Phi) is 7.45. The van der Waals surface area contributed by atoms with E-state index in [4.69, 9.17) is 21.9 Å². The minimum Gasteiger partial charge on any atom is -0.458 e. The lowest BCUT2D eigenvalue weighted by Gasteiger charge is -2.16. The standard InChI is InChI=1S/C15H22N4O3/c16-13(20)10-12(8-4-5-9-19-15(17)18)22-14(21)11-6-2-1-3-7-11/h1-3,6-7,12H,4-5,8-10H2,(H2,16,20)(H4,17,18,19)/t12-/m0/s1. The minimum absolute atomic E-state index is 0.000862. The van der Waals surface area contributed by atoms with Crippen LogP contribution >= 0.6 is 0 Å². The van der Waals surface area contributed by atoms with E-state index in [2.05, 4.69) is 4.99 Å². The summed E-state index contributed by atoms with van der Waals surface area (Å²) in [5.41, 5.74) is 16.1. The number of nitrogens with zero attached hydrogens (tertiary/aromatic N) is 1. The zero-order valence-electron chi connectivity index (χ0n) is 12.4. The number of hydrogen-bond donors (Lipinski definition) is 3. The Labute approximate surface area is 129 Å². The molecule has 1 aromatic carbocycles. The summed E-state index contributed by atoms with van der Waals surface area (Å²) in [5.74, 6) is -0.921. The molecule has 7 heteroatoms. The Hall–Kier alpha value is -2.57. The SMILES string of the molecule is NC(=O)C[C@H](CCCCN=C(N)N)OC(=O)c1ccccc1. The van der Waals surface area contributed by atoms with E-state index in [9.17, 15) is 9.59 Å². The highest BCUT2D eigenvalue weighted by molar-refractivity contribution is 5.89. The Morgan fingerprint density at radius 1 is 1.09 bits per heavy atom. The molecule has 0 aromatic heterocycles. The molecule has 0 aliphatic rings. The van der Waals surface area contributed by atoms with Crippen molar-refractivity contribution < 1.29 is 14.3 Å². The third-order valence-electron chi connectivity index (χ3n) is 2.94. The molecule has 0 heterocycles. The molecule has 1 atom stereocenters. The zero-order chi connectivity index (χ0) is 16.4. The Bertz CT molecular complexity index is 513. The van der Waals surface area contributed by atoms with Crippen LogP contribution in [0.4, 0.5) is 0 Å². The van der Waals surface area contributed by atoms with Gasteiger partial charge in [-0.15, -0.1) is 0 Å². The summed E-state index contributed by atoms with van der Waals surface area (Å²) in [7, 11) is 0. The van der Waals surface area contributed by atoms with Crippen molar-refractivity contribution in [1.82, 2.24) is 0 Å². The van der Waals surface area contributed by atoms with E-state index in [0.29, 0.717) is 18.5 Å². The van der Waals surface area contributed by atoms with Gasteiger partial charge in [0.1, 0.15) is 6.10 Å². The number of hydrogen-bond acceptors (Lipinski definition) is 4. The first-order valence-corrected chi connectivity index (χ1v) is 7.08. The van der Waals surface area contributed by atoms with Crippen LogP contribution in [0.1, 0.15) is 36.0 Å². The first-order valence-electron chi connectivity index (χ1n) is 7.08. The quantitative estimate of drug-likeness (QED) is 0.265. The smallest absolute Gasteiger partial charge is 0.338 e. The lowest BCUT2D eigenvalue weighted by molar-refractivity contribution is -0.120. The second-order valence-electron chi connectivity index (χ2n) is 4.87. The largest absolute Gasteiger partial charge is 0.458 e. The number of carbonyl (C=O) groups is 2. The van der Waals surface area contributed by atoms with Crippen molar-refractivity contribution in [3.63, 3.8) is 0 Å². The van der Waals surface area contributed by atoms with Crippen LogP contribution in [0.2, 0.25) is 0 Å². The van der Waals surface area contributed by atoms with Crippen molar-refractivity contribution in [3.8, 4) is 0 Å². The highest BCUT2D eigenvalue weighted by Gasteiger charge is 2.17. The number of amides is 1. The lowest BCUT2D eigenvalue weighted by Crippen LogP contribution is -2.25. The Balaban J connectivity index is 2.48. The summed E-state index contributed by atoms with van der Waals surface area (Å²) < 4.78 is 5.35. The van der Waals surface area contributed by atoms with Gasteiger partial charge in [-0.25, -0.2) is 4.79 Å². The number of nitrogens with two attached hydrogens (primary N) is 3. The summed E-state index contributed by atoms with van der Waals surface area (Å²) in [4.78, 5) is 26.9. The molecule has 1 aromatic rings. The van der Waals surface area contributed by atoms with E-state index in [0.717, 1.165) is 12.8 Å². The lowest BCUT2D eigenvalue weighted by atomic mass is 10.1. The van der Waals surface area contributed by atoms with Crippen molar-refractivity contribution in [3.05, 3.63) is 35.9 Å². The van der Waals surface area contributed by atoms with Gasteiger partial charge in [0.15, 0.2) is 5.96 Å². The molecule has 0 saturated carbocycles. The molecule has 120 valence electrons. The molecule has 0 unspecified atom stereocenters. The highest BCUT2D eigenvalue weighted by atomic mass is 16.5. The van der Waals surface area contributed by atoms with Gasteiger partial charge in [-0.05, 0) is 31.4 Å². The summed E-state index contributed by atoms with van der Waals surface area (Å²) >= 11 is 0. The third-order valence-corrected chi connectivity index (χ3v) is 2.94. The summed E-state index contributed by atoms with van der Waals surface area (Å²) in [6, 6.07) is 8.61. The van der Waals surface area contributed by atoms with E-state index in [1.807, 2.05) is 0 Å². The van der Waals surface area contributed by atoms with Crippen LogP contribution in [-0.4, -0.2) is 30.5 Å². The second-order valence-corrected chi connectivity index (χ2v) is 4.87. The van der Waals surface area contributed by atoms with Gasteiger partial charge in [0.2, 0.25) is 5.91 Å². The van der Waals surface area contributed by atoms with Gasteiger partial charge in [0.25, 0.3) is 0 Å². The van der Waals surface area contributed by atoms with Crippen LogP contribution in [-0.2, 0) is 9.53 Å². The number of primary amides is 1. The molecule has 0 saturated heterocycles. The summed E-state index contributed by atoms with van der Waals surface area (Å²) in [6.45, 7) is 0.498. The first kappa shape index (κ1) is 17.5. The number of ether oxygens (including phenoxy) is 1. The minimum atomic E-state index is -0.538. The van der Waals surface area contributed by atoms with Gasteiger partial charge in [0.05, 0.1) is 12.0 Å². The number of aliphatic imine (C=N–C) groups is 1. The van der Waals surface area contributed by atoms with Crippen molar-refractivity contribution in [2.45, 2.75) is 31.8 Å². The predicted molar refractivity (Wildman–Crippen MR) is 84.0 cm³/mol. The van der Waals surface area contributed by atoms with Gasteiger partial charge in [-0.3, -0.25) is 9.79 Å². The fourth-order valence-electron chi connectivity index (χ4n) is 1.91. The average molecular weight is 306 g/mol. The molecule has 0 fully saturated rings. The van der Waals surface area contributed by atoms with Gasteiger partial charge in [-0.2, -0.15) is 0 Å². The Morgan fingerprint density at radius 2 is 1.77 bits per heavy atom. The maximum atomic E-state index is 12.0. The zero-order valence-corrected chi connectivity index (χ0v) is 12.4. The predicted octanol–water partition coefficient (Wildman–Crippen LogP) is 0.531. The molecule has 22 heavy (non-hydrogen) atoms. The van der Waals surface area contributed by atoms with Gasteiger partial charge < -0.3 is 21.9 Å². The molecular formula is C15H22N4O3. The molecule has 6 N–H and O–H groups in total. The maximum absolute atomic E-state index is 12.0. The van der Waals surface area contributed by atoms with Crippen LogP contribution in [0.3, 0.4) is 0 Å². The number of carbonyl (C=O) groups excluding carboxylic acids is 2.